The van der Waals surface area contributed by atoms with Gasteiger partial charge in [0.05, 0.1) is 24.4 Å². The average molecular weight is 410 g/mol. The van der Waals surface area contributed by atoms with Crippen molar-refractivity contribution < 1.29 is 17.9 Å². The number of benzene rings is 2. The monoisotopic (exact) mass is 409 g/mol. The molecule has 1 unspecified atom stereocenters. The zero-order valence-electron chi connectivity index (χ0n) is 16.2. The van der Waals surface area contributed by atoms with Crippen LogP contribution in [0.5, 0.6) is 11.5 Å². The third kappa shape index (κ3) is 5.89. The molecule has 0 fully saturated rings. The Kier molecular flexibility index (Phi) is 8.01. The summed E-state index contributed by atoms with van der Waals surface area (Å²) in [6.07, 6.45) is 0.559. The van der Waals surface area contributed by atoms with Crippen molar-refractivity contribution in [2.75, 3.05) is 40.6 Å². The van der Waals surface area contributed by atoms with Gasteiger partial charge < -0.3 is 14.4 Å². The highest BCUT2D eigenvalue weighted by Gasteiger charge is 2.28. The highest BCUT2D eigenvalue weighted by molar-refractivity contribution is 8.01. The zero-order chi connectivity index (χ0) is 19.9. The quantitative estimate of drug-likeness (QED) is 0.559. The van der Waals surface area contributed by atoms with Crippen molar-refractivity contribution in [2.45, 2.75) is 21.5 Å². The lowest BCUT2D eigenvalue weighted by molar-refractivity contribution is 0.354. The number of nitrogens with zero attached hydrogens (tertiary/aromatic N) is 1. The highest BCUT2D eigenvalue weighted by atomic mass is 32.2. The minimum Gasteiger partial charge on any atom is -0.493 e. The van der Waals surface area contributed by atoms with Crippen LogP contribution in [0.25, 0.3) is 0 Å². The van der Waals surface area contributed by atoms with Crippen LogP contribution >= 0.6 is 11.8 Å². The van der Waals surface area contributed by atoms with E-state index in [0.29, 0.717) is 30.2 Å². The van der Waals surface area contributed by atoms with Crippen molar-refractivity contribution in [3.63, 3.8) is 0 Å². The minimum atomic E-state index is -3.51. The van der Waals surface area contributed by atoms with Crippen LogP contribution in [0.4, 0.5) is 0 Å². The Bertz CT molecular complexity index is 823. The van der Waals surface area contributed by atoms with Crippen molar-refractivity contribution in [2.24, 2.45) is 0 Å². The van der Waals surface area contributed by atoms with E-state index < -0.39 is 15.1 Å². The second kappa shape index (κ2) is 10.0. The summed E-state index contributed by atoms with van der Waals surface area (Å²) in [5.41, 5.74) is 0. The summed E-state index contributed by atoms with van der Waals surface area (Å²) in [6, 6.07) is 14.6. The van der Waals surface area contributed by atoms with E-state index in [2.05, 4.69) is 0 Å². The standard InChI is InChI=1S/C20H27NO4S2/c1-21(2)13-12-18(15-26-16-8-6-5-7-9-16)27(22,23)17-10-11-19(24-3)20(14-17)25-4/h5-11,14,18H,12-13,15H2,1-4H3. The van der Waals surface area contributed by atoms with Crippen molar-refractivity contribution in [1.29, 1.82) is 0 Å². The summed E-state index contributed by atoms with van der Waals surface area (Å²) >= 11 is 1.57. The summed E-state index contributed by atoms with van der Waals surface area (Å²) in [5.74, 6) is 1.43. The van der Waals surface area contributed by atoms with Crippen LogP contribution < -0.4 is 9.47 Å². The number of hydrogen-bond acceptors (Lipinski definition) is 6. The van der Waals surface area contributed by atoms with E-state index in [1.54, 1.807) is 30.0 Å². The number of sulfone groups is 1. The molecule has 1 atom stereocenters. The molecule has 2 aromatic carbocycles. The van der Waals surface area contributed by atoms with E-state index in [4.69, 9.17) is 9.47 Å². The normalized spacial score (nSPS) is 12.8. The van der Waals surface area contributed by atoms with Gasteiger partial charge in [-0.05, 0) is 51.3 Å². The fraction of sp³-hybridized carbons (Fsp3) is 0.400. The maximum Gasteiger partial charge on any atom is 0.182 e. The summed E-state index contributed by atoms with van der Waals surface area (Å²) in [7, 11) is 3.42. The number of ether oxygens (including phenoxy) is 2. The third-order valence-electron chi connectivity index (χ3n) is 4.20. The van der Waals surface area contributed by atoms with Crippen LogP contribution in [0.2, 0.25) is 0 Å². The summed E-state index contributed by atoms with van der Waals surface area (Å²) in [5, 5.41) is -0.497. The van der Waals surface area contributed by atoms with Crippen LogP contribution in [0.15, 0.2) is 58.3 Å². The first-order chi connectivity index (χ1) is 12.9. The predicted molar refractivity (Wildman–Crippen MR) is 111 cm³/mol. The van der Waals surface area contributed by atoms with Gasteiger partial charge in [-0.1, -0.05) is 18.2 Å². The molecule has 7 heteroatoms. The zero-order valence-corrected chi connectivity index (χ0v) is 17.8. The van der Waals surface area contributed by atoms with Gasteiger partial charge in [0.1, 0.15) is 0 Å². The number of methoxy groups -OCH3 is 2. The molecule has 5 nitrogen and oxygen atoms in total. The van der Waals surface area contributed by atoms with Crippen molar-refractivity contribution >= 4 is 21.6 Å². The van der Waals surface area contributed by atoms with Gasteiger partial charge in [0, 0.05) is 16.7 Å². The van der Waals surface area contributed by atoms with Crippen LogP contribution in [0.1, 0.15) is 6.42 Å². The Morgan fingerprint density at radius 2 is 1.67 bits per heavy atom. The van der Waals surface area contributed by atoms with Crippen molar-refractivity contribution in [3.8, 4) is 11.5 Å². The lowest BCUT2D eigenvalue weighted by atomic mass is 10.3. The van der Waals surface area contributed by atoms with Gasteiger partial charge in [-0.2, -0.15) is 0 Å². The second-order valence-electron chi connectivity index (χ2n) is 6.40. The molecular weight excluding hydrogens is 382 g/mol. The molecule has 0 aliphatic carbocycles. The van der Waals surface area contributed by atoms with Crippen LogP contribution in [-0.2, 0) is 9.84 Å². The van der Waals surface area contributed by atoms with Gasteiger partial charge in [0.25, 0.3) is 0 Å². The Morgan fingerprint density at radius 1 is 1.00 bits per heavy atom. The molecule has 0 aliphatic rings. The molecular formula is C20H27NO4S2. The molecule has 0 saturated heterocycles. The van der Waals surface area contributed by atoms with E-state index in [9.17, 15) is 8.42 Å². The van der Waals surface area contributed by atoms with E-state index >= 15 is 0 Å². The molecule has 0 spiro atoms. The van der Waals surface area contributed by atoms with E-state index in [1.165, 1.54) is 14.2 Å². The Labute approximate surface area is 166 Å². The Balaban J connectivity index is 2.28. The molecule has 0 saturated carbocycles. The maximum atomic E-state index is 13.3. The SMILES string of the molecule is COc1ccc(S(=O)(=O)C(CCN(C)C)CSc2ccccc2)cc1OC. The van der Waals surface area contributed by atoms with Gasteiger partial charge in [0.15, 0.2) is 21.3 Å². The molecule has 2 aromatic rings. The fourth-order valence-electron chi connectivity index (χ4n) is 2.62. The molecule has 0 aliphatic heterocycles. The molecule has 0 aromatic heterocycles. The fourth-order valence-corrected chi connectivity index (χ4v) is 5.77. The molecule has 0 radical (unpaired) electrons. The minimum absolute atomic E-state index is 0.262. The topological polar surface area (TPSA) is 55.8 Å². The van der Waals surface area contributed by atoms with E-state index in [1.807, 2.05) is 49.3 Å². The van der Waals surface area contributed by atoms with Gasteiger partial charge in [-0.15, -0.1) is 11.8 Å². The molecule has 2 rings (SSSR count). The summed E-state index contributed by atoms with van der Waals surface area (Å²) in [4.78, 5) is 3.33. The largest absolute Gasteiger partial charge is 0.493 e. The average Bonchev–Trinajstić information content (AvgIpc) is 2.67. The molecule has 0 amide bonds. The molecule has 0 bridgehead atoms. The van der Waals surface area contributed by atoms with E-state index in [0.717, 1.165) is 4.90 Å². The van der Waals surface area contributed by atoms with E-state index in [-0.39, 0.29) is 4.90 Å². The van der Waals surface area contributed by atoms with Crippen LogP contribution in [-0.4, -0.2) is 59.2 Å². The maximum absolute atomic E-state index is 13.3. The van der Waals surface area contributed by atoms with Crippen LogP contribution in [0, 0.1) is 0 Å². The lowest BCUT2D eigenvalue weighted by Gasteiger charge is -2.20. The Hall–Kier alpha value is -1.70. The molecule has 0 heterocycles. The van der Waals surface area contributed by atoms with Crippen molar-refractivity contribution in [1.82, 2.24) is 4.90 Å². The summed E-state index contributed by atoms with van der Waals surface area (Å²) < 4.78 is 37.1. The number of hydrogen-bond donors (Lipinski definition) is 0. The first-order valence-corrected chi connectivity index (χ1v) is 11.2. The van der Waals surface area contributed by atoms with Crippen molar-refractivity contribution in [3.05, 3.63) is 48.5 Å². The van der Waals surface area contributed by atoms with Crippen LogP contribution in [0.3, 0.4) is 0 Å². The highest BCUT2D eigenvalue weighted by Crippen LogP contribution is 2.32. The molecule has 148 valence electrons. The lowest BCUT2D eigenvalue weighted by Crippen LogP contribution is -2.28. The first kappa shape index (κ1) is 21.6. The third-order valence-corrected chi connectivity index (χ3v) is 7.78. The number of rotatable bonds is 10. The predicted octanol–water partition coefficient (Wildman–Crippen LogP) is 3.59. The second-order valence-corrected chi connectivity index (χ2v) is 9.72. The molecule has 27 heavy (non-hydrogen) atoms. The first-order valence-electron chi connectivity index (χ1n) is 8.67. The smallest absolute Gasteiger partial charge is 0.182 e. The number of thioether (sulfide) groups is 1. The van der Waals surface area contributed by atoms with Gasteiger partial charge >= 0.3 is 0 Å². The van der Waals surface area contributed by atoms with Gasteiger partial charge in [-0.25, -0.2) is 8.42 Å². The Morgan fingerprint density at radius 3 is 2.26 bits per heavy atom. The van der Waals surface area contributed by atoms with Gasteiger partial charge in [0.2, 0.25) is 0 Å². The van der Waals surface area contributed by atoms with Gasteiger partial charge in [-0.3, -0.25) is 0 Å². The molecule has 0 N–H and O–H groups in total. The summed E-state index contributed by atoms with van der Waals surface area (Å²) in [6.45, 7) is 0.701.